The highest BCUT2D eigenvalue weighted by Gasteiger charge is 2.25. The number of rotatable bonds is 3. The van der Waals surface area contributed by atoms with Crippen molar-refractivity contribution in [3.63, 3.8) is 0 Å². The van der Waals surface area contributed by atoms with Gasteiger partial charge in [0.05, 0.1) is 36.0 Å². The summed E-state index contributed by atoms with van der Waals surface area (Å²) >= 11 is 0. The number of hydrogen-bond donors (Lipinski definition) is 2. The molecule has 0 spiro atoms. The third-order valence-electron chi connectivity index (χ3n) is 6.15. The molecule has 0 aliphatic carbocycles. The number of amides is 2. The van der Waals surface area contributed by atoms with Gasteiger partial charge in [-0.2, -0.15) is 5.26 Å². The molecule has 2 amide bonds. The molecule has 1 fully saturated rings. The molecule has 0 atom stereocenters. The Kier molecular flexibility index (Phi) is 4.52. The molecule has 2 N–H and O–H groups in total. The number of hydrogen-bond acceptors (Lipinski definition) is 6. The Morgan fingerprint density at radius 2 is 1.85 bits per heavy atom. The predicted octanol–water partition coefficient (Wildman–Crippen LogP) is 2.37. The van der Waals surface area contributed by atoms with Gasteiger partial charge in [-0.1, -0.05) is 18.2 Å². The summed E-state index contributed by atoms with van der Waals surface area (Å²) in [5.41, 5.74) is 6.32. The van der Waals surface area contributed by atoms with Crippen molar-refractivity contribution in [3.8, 4) is 28.6 Å². The van der Waals surface area contributed by atoms with Gasteiger partial charge in [0.2, 0.25) is 11.8 Å². The summed E-state index contributed by atoms with van der Waals surface area (Å²) in [6.07, 6.45) is 3.90. The number of nitrogens with zero attached hydrogens (tertiary/aromatic N) is 5. The van der Waals surface area contributed by atoms with Crippen LogP contribution in [-0.2, 0) is 16.0 Å². The molecule has 6 rings (SSSR count). The molecule has 2 aliphatic heterocycles. The van der Waals surface area contributed by atoms with Gasteiger partial charge in [0.25, 0.3) is 0 Å². The topological polar surface area (TPSA) is 115 Å². The first-order valence-corrected chi connectivity index (χ1v) is 10.9. The average molecular weight is 449 g/mol. The monoisotopic (exact) mass is 449 g/mol. The first kappa shape index (κ1) is 19.9. The second kappa shape index (κ2) is 7.71. The molecule has 9 heteroatoms. The lowest BCUT2D eigenvalue weighted by molar-refractivity contribution is -0.120. The zero-order valence-corrected chi connectivity index (χ0v) is 18.1. The van der Waals surface area contributed by atoms with Gasteiger partial charge in [-0.15, -0.1) is 0 Å². The first-order chi connectivity index (χ1) is 16.6. The molecule has 166 valence electrons. The Balaban J connectivity index is 1.58. The van der Waals surface area contributed by atoms with Crippen molar-refractivity contribution in [2.45, 2.75) is 6.42 Å². The Bertz CT molecular complexity index is 1520. The lowest BCUT2D eigenvalue weighted by Crippen LogP contribution is -2.48. The summed E-state index contributed by atoms with van der Waals surface area (Å²) in [5.74, 6) is 0.564. The van der Waals surface area contributed by atoms with Gasteiger partial charge in [-0.3, -0.25) is 14.0 Å². The van der Waals surface area contributed by atoms with E-state index in [0.29, 0.717) is 36.5 Å². The normalized spacial score (nSPS) is 15.1. The van der Waals surface area contributed by atoms with E-state index < -0.39 is 0 Å². The number of nitriles is 1. The third-order valence-corrected chi connectivity index (χ3v) is 6.15. The second-order valence-electron chi connectivity index (χ2n) is 8.31. The van der Waals surface area contributed by atoms with E-state index in [-0.39, 0.29) is 18.4 Å². The van der Waals surface area contributed by atoms with E-state index in [1.807, 2.05) is 45.8 Å². The molecule has 0 radical (unpaired) electrons. The van der Waals surface area contributed by atoms with Crippen molar-refractivity contribution in [1.82, 2.24) is 19.7 Å². The molecule has 34 heavy (non-hydrogen) atoms. The van der Waals surface area contributed by atoms with Crippen molar-refractivity contribution in [1.29, 1.82) is 5.26 Å². The van der Waals surface area contributed by atoms with Crippen LogP contribution in [0.15, 0.2) is 54.9 Å². The minimum atomic E-state index is -0.0510. The Morgan fingerprint density at radius 3 is 2.65 bits per heavy atom. The number of nitrogens with one attached hydrogen (secondary N) is 2. The van der Waals surface area contributed by atoms with Crippen LogP contribution in [0.2, 0.25) is 0 Å². The predicted molar refractivity (Wildman–Crippen MR) is 126 cm³/mol. The number of aromatic nitrogens is 3. The van der Waals surface area contributed by atoms with Crippen LogP contribution in [0.25, 0.3) is 28.2 Å². The molecule has 4 heterocycles. The van der Waals surface area contributed by atoms with E-state index in [1.54, 1.807) is 18.3 Å². The van der Waals surface area contributed by atoms with Crippen LogP contribution in [-0.4, -0.2) is 45.8 Å². The van der Waals surface area contributed by atoms with Crippen molar-refractivity contribution in [2.24, 2.45) is 0 Å². The molecule has 0 bridgehead atoms. The smallest absolute Gasteiger partial charge is 0.239 e. The van der Waals surface area contributed by atoms with E-state index in [4.69, 9.17) is 4.98 Å². The fraction of sp³-hybridized carbons (Fsp3) is 0.160. The maximum absolute atomic E-state index is 12.0. The van der Waals surface area contributed by atoms with E-state index in [2.05, 4.69) is 21.7 Å². The number of piperazine rings is 1. The molecule has 2 aromatic heterocycles. The van der Waals surface area contributed by atoms with Crippen molar-refractivity contribution in [2.75, 3.05) is 29.9 Å². The maximum atomic E-state index is 12.0. The van der Waals surface area contributed by atoms with Gasteiger partial charge in [0, 0.05) is 42.3 Å². The largest absolute Gasteiger partial charge is 0.353 e. The molecular formula is C25H19N7O2. The standard InChI is InChI=1S/C25H19N7O2/c26-13-15-1-3-16(4-2-15)22-23(17-5-6-19-18(11-17)12-20(33)29-19)32-10-8-28-24(25(32)30-22)31-9-7-27-21(34)14-31/h1-6,8,10-11H,7,9,12,14H2,(H,27,34)(H,29,33). The minimum absolute atomic E-state index is 0.0209. The van der Waals surface area contributed by atoms with Crippen molar-refractivity contribution < 1.29 is 9.59 Å². The van der Waals surface area contributed by atoms with E-state index in [1.165, 1.54) is 0 Å². The quantitative estimate of drug-likeness (QED) is 0.496. The summed E-state index contributed by atoms with van der Waals surface area (Å²) in [6, 6.07) is 15.3. The Hall–Kier alpha value is -4.71. The molecular weight excluding hydrogens is 430 g/mol. The number of anilines is 2. The van der Waals surface area contributed by atoms with Crippen LogP contribution in [0, 0.1) is 11.3 Å². The third kappa shape index (κ3) is 3.24. The molecule has 2 aliphatic rings. The van der Waals surface area contributed by atoms with Gasteiger partial charge in [-0.25, -0.2) is 9.97 Å². The fourth-order valence-corrected chi connectivity index (χ4v) is 4.56. The summed E-state index contributed by atoms with van der Waals surface area (Å²) < 4.78 is 1.98. The molecule has 1 saturated heterocycles. The number of carbonyl (C=O) groups excluding carboxylic acids is 2. The van der Waals surface area contributed by atoms with Gasteiger partial charge < -0.3 is 15.5 Å². The summed E-state index contributed by atoms with van der Waals surface area (Å²) in [6.45, 7) is 1.40. The number of benzene rings is 2. The number of imidazole rings is 1. The lowest BCUT2D eigenvalue weighted by Gasteiger charge is -2.27. The van der Waals surface area contributed by atoms with Gasteiger partial charge in [0.1, 0.15) is 0 Å². The van der Waals surface area contributed by atoms with Crippen molar-refractivity contribution >= 4 is 29.0 Å². The van der Waals surface area contributed by atoms with Crippen LogP contribution in [0.4, 0.5) is 11.5 Å². The van der Waals surface area contributed by atoms with Crippen LogP contribution in [0.3, 0.4) is 0 Å². The summed E-state index contributed by atoms with van der Waals surface area (Å²) in [7, 11) is 0. The van der Waals surface area contributed by atoms with Crippen LogP contribution >= 0.6 is 0 Å². The average Bonchev–Trinajstić information content (AvgIpc) is 3.43. The molecule has 4 aromatic rings. The minimum Gasteiger partial charge on any atom is -0.353 e. The van der Waals surface area contributed by atoms with E-state index >= 15 is 0 Å². The zero-order valence-electron chi connectivity index (χ0n) is 18.1. The molecule has 9 nitrogen and oxygen atoms in total. The Morgan fingerprint density at radius 1 is 1.03 bits per heavy atom. The second-order valence-corrected chi connectivity index (χ2v) is 8.31. The Labute approximate surface area is 194 Å². The highest BCUT2D eigenvalue weighted by Crippen LogP contribution is 2.37. The summed E-state index contributed by atoms with van der Waals surface area (Å²) in [5, 5.41) is 14.9. The van der Waals surface area contributed by atoms with E-state index in [0.717, 1.165) is 33.8 Å². The maximum Gasteiger partial charge on any atom is 0.239 e. The lowest BCUT2D eigenvalue weighted by atomic mass is 10.0. The molecule has 0 unspecified atom stereocenters. The summed E-state index contributed by atoms with van der Waals surface area (Å²) in [4.78, 5) is 35.4. The van der Waals surface area contributed by atoms with Gasteiger partial charge >= 0.3 is 0 Å². The number of carbonyl (C=O) groups is 2. The van der Waals surface area contributed by atoms with Crippen LogP contribution in [0.1, 0.15) is 11.1 Å². The highest BCUT2D eigenvalue weighted by atomic mass is 16.2. The van der Waals surface area contributed by atoms with Crippen LogP contribution in [0.5, 0.6) is 0 Å². The first-order valence-electron chi connectivity index (χ1n) is 10.9. The molecule has 0 saturated carbocycles. The van der Waals surface area contributed by atoms with Crippen molar-refractivity contribution in [3.05, 3.63) is 66.0 Å². The zero-order chi connectivity index (χ0) is 23.2. The fourth-order valence-electron chi connectivity index (χ4n) is 4.56. The van der Waals surface area contributed by atoms with Gasteiger partial charge in [-0.05, 0) is 29.8 Å². The SMILES string of the molecule is N#Cc1ccc(-c2nc3c(N4CCNC(=O)C4)nccn3c2-c2ccc3c(c2)CC(=O)N3)cc1. The molecule has 2 aromatic carbocycles. The van der Waals surface area contributed by atoms with Crippen LogP contribution < -0.4 is 15.5 Å². The van der Waals surface area contributed by atoms with E-state index in [9.17, 15) is 14.9 Å². The van der Waals surface area contributed by atoms with Gasteiger partial charge in [0.15, 0.2) is 11.5 Å². The number of fused-ring (bicyclic) bond motifs is 2. The highest BCUT2D eigenvalue weighted by molar-refractivity contribution is 6.00.